The van der Waals surface area contributed by atoms with Crippen molar-refractivity contribution < 1.29 is 17.6 Å². The van der Waals surface area contributed by atoms with Gasteiger partial charge in [-0.05, 0) is 29.8 Å². The molecule has 0 fully saturated rings. The summed E-state index contributed by atoms with van der Waals surface area (Å²) in [6.07, 6.45) is 1.36. The molecule has 3 rings (SSSR count). The average Bonchev–Trinajstić information content (AvgIpc) is 3.20. The van der Waals surface area contributed by atoms with Crippen LogP contribution in [0, 0.1) is 0 Å². The van der Waals surface area contributed by atoms with Gasteiger partial charge in [0, 0.05) is 5.02 Å². The van der Waals surface area contributed by atoms with Crippen molar-refractivity contribution in [2.45, 2.75) is 10.1 Å². The van der Waals surface area contributed by atoms with Gasteiger partial charge in [-0.2, -0.15) is 0 Å². The molecule has 7 nitrogen and oxygen atoms in total. The van der Waals surface area contributed by atoms with Crippen LogP contribution in [0.5, 0.6) is 0 Å². The molecule has 2 aromatic heterocycles. The van der Waals surface area contributed by atoms with Crippen LogP contribution in [0.3, 0.4) is 0 Å². The fourth-order valence-electron chi connectivity index (χ4n) is 1.81. The number of nitrogens with zero attached hydrogens (tertiary/aromatic N) is 2. The van der Waals surface area contributed by atoms with Gasteiger partial charge in [-0.25, -0.2) is 8.42 Å². The van der Waals surface area contributed by atoms with Gasteiger partial charge in [-0.1, -0.05) is 35.1 Å². The van der Waals surface area contributed by atoms with Crippen LogP contribution in [0.4, 0.5) is 5.13 Å². The van der Waals surface area contributed by atoms with Gasteiger partial charge in [-0.15, -0.1) is 10.2 Å². The summed E-state index contributed by atoms with van der Waals surface area (Å²) in [6, 6.07) is 9.52. The molecule has 1 N–H and O–H groups in total. The molecular weight excluding hydrogens is 374 g/mol. The Kier molecular flexibility index (Phi) is 4.65. The number of benzene rings is 1. The Labute approximate surface area is 146 Å². The standard InChI is InChI=1S/C14H10ClN3O4S2/c15-10-5-3-9(4-6-10)8-24(20,21)14-18-17-13(23-14)16-12(19)11-2-1-7-22-11/h1-7H,8H2,(H,16,17,19). The van der Waals surface area contributed by atoms with Crippen LogP contribution in [0.2, 0.25) is 5.02 Å². The fraction of sp³-hybridized carbons (Fsp3) is 0.0714. The van der Waals surface area contributed by atoms with Crippen molar-refractivity contribution in [1.82, 2.24) is 10.2 Å². The van der Waals surface area contributed by atoms with E-state index < -0.39 is 15.7 Å². The van der Waals surface area contributed by atoms with Crippen LogP contribution in [0.15, 0.2) is 51.4 Å². The summed E-state index contributed by atoms with van der Waals surface area (Å²) in [7, 11) is -3.67. The van der Waals surface area contributed by atoms with Gasteiger partial charge in [0.2, 0.25) is 19.3 Å². The molecule has 0 spiro atoms. The van der Waals surface area contributed by atoms with Gasteiger partial charge in [0.25, 0.3) is 5.91 Å². The van der Waals surface area contributed by atoms with E-state index in [2.05, 4.69) is 15.5 Å². The predicted octanol–water partition coefficient (Wildman–Crippen LogP) is 3.01. The molecule has 10 heteroatoms. The van der Waals surface area contributed by atoms with E-state index in [1.807, 2.05) is 0 Å². The minimum atomic E-state index is -3.67. The third-order valence-electron chi connectivity index (χ3n) is 2.91. The highest BCUT2D eigenvalue weighted by Crippen LogP contribution is 2.24. The van der Waals surface area contributed by atoms with Crippen molar-refractivity contribution in [3.63, 3.8) is 0 Å². The summed E-state index contributed by atoms with van der Waals surface area (Å²) in [5.74, 6) is -0.668. The molecule has 0 aliphatic rings. The van der Waals surface area contributed by atoms with Gasteiger partial charge in [0.05, 0.1) is 12.0 Å². The normalized spacial score (nSPS) is 11.4. The van der Waals surface area contributed by atoms with E-state index in [9.17, 15) is 13.2 Å². The molecule has 1 aromatic carbocycles. The second kappa shape index (κ2) is 6.71. The smallest absolute Gasteiger partial charge is 0.293 e. The zero-order valence-electron chi connectivity index (χ0n) is 12.0. The SMILES string of the molecule is O=C(Nc1nnc(S(=O)(=O)Cc2ccc(Cl)cc2)s1)c1ccco1. The molecule has 0 unspecified atom stereocenters. The zero-order chi connectivity index (χ0) is 17.2. The minimum Gasteiger partial charge on any atom is -0.459 e. The zero-order valence-corrected chi connectivity index (χ0v) is 14.4. The summed E-state index contributed by atoms with van der Waals surface area (Å²) >= 11 is 6.55. The molecule has 24 heavy (non-hydrogen) atoms. The van der Waals surface area contributed by atoms with E-state index in [1.54, 1.807) is 30.3 Å². The lowest BCUT2D eigenvalue weighted by atomic mass is 10.2. The molecule has 0 bridgehead atoms. The molecule has 0 aliphatic heterocycles. The van der Waals surface area contributed by atoms with Crippen LogP contribution in [-0.4, -0.2) is 24.5 Å². The molecule has 2 heterocycles. The molecule has 0 saturated carbocycles. The monoisotopic (exact) mass is 383 g/mol. The molecule has 1 amide bonds. The van der Waals surface area contributed by atoms with E-state index in [1.165, 1.54) is 12.3 Å². The lowest BCUT2D eigenvalue weighted by molar-refractivity contribution is 0.0996. The molecule has 3 aromatic rings. The van der Waals surface area contributed by atoms with Crippen LogP contribution < -0.4 is 5.32 Å². The maximum Gasteiger partial charge on any atom is 0.293 e. The topological polar surface area (TPSA) is 102 Å². The predicted molar refractivity (Wildman–Crippen MR) is 88.9 cm³/mol. The average molecular weight is 384 g/mol. The number of carbonyl (C=O) groups is 1. The quantitative estimate of drug-likeness (QED) is 0.679. The van der Waals surface area contributed by atoms with Gasteiger partial charge in [-0.3, -0.25) is 10.1 Å². The number of sulfone groups is 1. The maximum atomic E-state index is 12.4. The number of hydrogen-bond acceptors (Lipinski definition) is 7. The Morgan fingerprint density at radius 1 is 1.21 bits per heavy atom. The highest BCUT2D eigenvalue weighted by Gasteiger charge is 2.22. The Morgan fingerprint density at radius 2 is 1.96 bits per heavy atom. The highest BCUT2D eigenvalue weighted by molar-refractivity contribution is 7.92. The number of hydrogen-bond donors (Lipinski definition) is 1. The number of anilines is 1. The highest BCUT2D eigenvalue weighted by atomic mass is 35.5. The Bertz CT molecular complexity index is 950. The van der Waals surface area contributed by atoms with Crippen LogP contribution in [0.1, 0.15) is 16.1 Å². The third kappa shape index (κ3) is 3.81. The van der Waals surface area contributed by atoms with Crippen molar-refractivity contribution in [3.8, 4) is 0 Å². The van der Waals surface area contributed by atoms with E-state index in [0.29, 0.717) is 10.6 Å². The number of amides is 1. The van der Waals surface area contributed by atoms with Gasteiger partial charge < -0.3 is 4.42 Å². The van der Waals surface area contributed by atoms with E-state index in [4.69, 9.17) is 16.0 Å². The van der Waals surface area contributed by atoms with E-state index >= 15 is 0 Å². The number of nitrogens with one attached hydrogen (secondary N) is 1. The molecular formula is C14H10ClN3O4S2. The van der Waals surface area contributed by atoms with Crippen molar-refractivity contribution in [1.29, 1.82) is 0 Å². The lowest BCUT2D eigenvalue weighted by Gasteiger charge is -2.00. The van der Waals surface area contributed by atoms with Crippen LogP contribution in [-0.2, 0) is 15.6 Å². The molecule has 0 saturated heterocycles. The Morgan fingerprint density at radius 3 is 2.62 bits per heavy atom. The summed E-state index contributed by atoms with van der Waals surface area (Å²) in [5, 5.41) is 10.4. The number of aromatic nitrogens is 2. The number of furan rings is 1. The molecule has 124 valence electrons. The first kappa shape index (κ1) is 16.6. The molecule has 0 aliphatic carbocycles. The first-order valence-corrected chi connectivity index (χ1v) is 9.44. The van der Waals surface area contributed by atoms with E-state index in [0.717, 1.165) is 11.3 Å². The van der Waals surface area contributed by atoms with Gasteiger partial charge in [0.1, 0.15) is 0 Å². The largest absolute Gasteiger partial charge is 0.459 e. The van der Waals surface area contributed by atoms with Gasteiger partial charge in [0.15, 0.2) is 5.76 Å². The minimum absolute atomic E-state index is 0.0751. The van der Waals surface area contributed by atoms with Crippen molar-refractivity contribution in [3.05, 3.63) is 59.0 Å². The van der Waals surface area contributed by atoms with Crippen molar-refractivity contribution in [2.75, 3.05) is 5.32 Å². The third-order valence-corrected chi connectivity index (χ3v) is 6.13. The first-order valence-electron chi connectivity index (χ1n) is 6.59. The summed E-state index contributed by atoms with van der Waals surface area (Å²) < 4.78 is 29.5. The number of carbonyl (C=O) groups excluding carboxylic acids is 1. The van der Waals surface area contributed by atoms with Gasteiger partial charge >= 0.3 is 0 Å². The van der Waals surface area contributed by atoms with Crippen LogP contribution in [0.25, 0.3) is 0 Å². The molecule has 0 atom stereocenters. The number of rotatable bonds is 5. The second-order valence-corrected chi connectivity index (χ2v) is 8.27. The summed E-state index contributed by atoms with van der Waals surface area (Å²) in [4.78, 5) is 11.8. The van der Waals surface area contributed by atoms with Crippen molar-refractivity contribution in [2.24, 2.45) is 0 Å². The fourth-order valence-corrected chi connectivity index (χ4v) is 4.25. The first-order chi connectivity index (χ1) is 11.4. The second-order valence-electron chi connectivity index (χ2n) is 4.69. The van der Waals surface area contributed by atoms with Crippen molar-refractivity contribution >= 4 is 43.8 Å². The van der Waals surface area contributed by atoms with Crippen LogP contribution >= 0.6 is 22.9 Å². The summed E-state index contributed by atoms with van der Waals surface area (Å²) in [5.41, 5.74) is 0.579. The Hall–Kier alpha value is -2.23. The molecule has 0 radical (unpaired) electrons. The lowest BCUT2D eigenvalue weighted by Crippen LogP contribution is -2.10. The number of halogens is 1. The summed E-state index contributed by atoms with van der Waals surface area (Å²) in [6.45, 7) is 0. The van der Waals surface area contributed by atoms with E-state index in [-0.39, 0.29) is 21.0 Å². The Balaban J connectivity index is 1.74. The maximum absolute atomic E-state index is 12.4.